The number of pyridine rings is 1. The average molecular weight is 247 g/mol. The Kier molecular flexibility index (Phi) is 4.59. The molecule has 1 unspecified atom stereocenters. The van der Waals surface area contributed by atoms with Gasteiger partial charge in [0.1, 0.15) is 5.82 Å². The molecule has 0 radical (unpaired) electrons. The second-order valence-electron chi connectivity index (χ2n) is 5.17. The molecule has 0 aromatic carbocycles. The fraction of sp³-hybridized carbons (Fsp3) is 0.667. The number of rotatable bonds is 4. The van der Waals surface area contributed by atoms with Crippen molar-refractivity contribution in [3.63, 3.8) is 0 Å². The zero-order valence-corrected chi connectivity index (χ0v) is 11.9. The van der Waals surface area contributed by atoms with Gasteiger partial charge in [0, 0.05) is 18.8 Å². The molecule has 0 spiro atoms. The molecule has 3 heteroatoms. The molecule has 3 nitrogen and oxygen atoms in total. The van der Waals surface area contributed by atoms with Gasteiger partial charge in [0.05, 0.1) is 0 Å². The van der Waals surface area contributed by atoms with Crippen molar-refractivity contribution in [2.45, 2.75) is 45.6 Å². The minimum Gasteiger partial charge on any atom is -0.373 e. The molecule has 1 aliphatic heterocycles. The Balaban J connectivity index is 2.22. The lowest BCUT2D eigenvalue weighted by Gasteiger charge is -2.36. The summed E-state index contributed by atoms with van der Waals surface area (Å²) in [5, 5.41) is 3.11. The van der Waals surface area contributed by atoms with Crippen LogP contribution in [0.4, 0.5) is 5.82 Å². The van der Waals surface area contributed by atoms with E-state index in [-0.39, 0.29) is 0 Å². The van der Waals surface area contributed by atoms with Crippen molar-refractivity contribution in [3.05, 3.63) is 23.4 Å². The highest BCUT2D eigenvalue weighted by atomic mass is 15.2. The van der Waals surface area contributed by atoms with Crippen LogP contribution in [0, 0.1) is 6.92 Å². The van der Waals surface area contributed by atoms with Gasteiger partial charge < -0.3 is 5.32 Å². The zero-order valence-electron chi connectivity index (χ0n) is 11.9. The molecule has 1 aliphatic rings. The summed E-state index contributed by atoms with van der Waals surface area (Å²) in [6, 6.07) is 4.94. The van der Waals surface area contributed by atoms with E-state index in [1.807, 2.05) is 7.05 Å². The molecule has 1 N–H and O–H groups in total. The van der Waals surface area contributed by atoms with Crippen molar-refractivity contribution >= 4 is 5.82 Å². The fourth-order valence-electron chi connectivity index (χ4n) is 2.96. The van der Waals surface area contributed by atoms with E-state index in [0.717, 1.165) is 5.82 Å². The van der Waals surface area contributed by atoms with Crippen LogP contribution in [0.1, 0.15) is 49.9 Å². The first-order chi connectivity index (χ1) is 8.76. The molecule has 18 heavy (non-hydrogen) atoms. The van der Waals surface area contributed by atoms with E-state index in [1.54, 1.807) is 0 Å². The molecule has 2 rings (SSSR count). The standard InChI is InChI=1S/C15H25N3/c1-4-10-18-11-6-5-7-14(18)13-8-9-15(16-3)17-12(13)2/h8-9,14H,4-7,10-11H2,1-3H3,(H,16,17). The third-order valence-corrected chi connectivity index (χ3v) is 3.87. The minimum atomic E-state index is 0.581. The van der Waals surface area contributed by atoms with E-state index in [1.165, 1.54) is 50.0 Å². The van der Waals surface area contributed by atoms with Crippen LogP contribution in [-0.4, -0.2) is 30.0 Å². The molecule has 0 bridgehead atoms. The summed E-state index contributed by atoms with van der Waals surface area (Å²) in [4.78, 5) is 7.26. The first-order valence-corrected chi connectivity index (χ1v) is 7.15. The second-order valence-corrected chi connectivity index (χ2v) is 5.17. The molecule has 1 atom stereocenters. The maximum absolute atomic E-state index is 4.62. The van der Waals surface area contributed by atoms with E-state index < -0.39 is 0 Å². The van der Waals surface area contributed by atoms with Gasteiger partial charge in [-0.15, -0.1) is 0 Å². The first-order valence-electron chi connectivity index (χ1n) is 7.15. The van der Waals surface area contributed by atoms with Crippen molar-refractivity contribution in [2.75, 3.05) is 25.5 Å². The summed E-state index contributed by atoms with van der Waals surface area (Å²) in [6.45, 7) is 6.85. The van der Waals surface area contributed by atoms with Gasteiger partial charge in [0.2, 0.25) is 0 Å². The molecule has 1 aromatic rings. The Hall–Kier alpha value is -1.09. The Labute approximate surface area is 111 Å². The summed E-state index contributed by atoms with van der Waals surface area (Å²) in [5.74, 6) is 0.967. The van der Waals surface area contributed by atoms with Crippen LogP contribution in [-0.2, 0) is 0 Å². The number of nitrogens with zero attached hydrogens (tertiary/aromatic N) is 2. The Morgan fingerprint density at radius 1 is 1.39 bits per heavy atom. The van der Waals surface area contributed by atoms with Gasteiger partial charge in [-0.25, -0.2) is 4.98 Å². The number of anilines is 1. The van der Waals surface area contributed by atoms with Crippen LogP contribution < -0.4 is 5.32 Å². The van der Waals surface area contributed by atoms with E-state index in [0.29, 0.717) is 6.04 Å². The number of aryl methyl sites for hydroxylation is 1. The van der Waals surface area contributed by atoms with Gasteiger partial charge in [-0.05, 0) is 50.9 Å². The maximum Gasteiger partial charge on any atom is 0.125 e. The van der Waals surface area contributed by atoms with Crippen LogP contribution in [0.2, 0.25) is 0 Å². The van der Waals surface area contributed by atoms with E-state index in [4.69, 9.17) is 0 Å². The van der Waals surface area contributed by atoms with Crippen LogP contribution >= 0.6 is 0 Å². The highest BCUT2D eigenvalue weighted by Gasteiger charge is 2.24. The number of nitrogens with one attached hydrogen (secondary N) is 1. The van der Waals surface area contributed by atoms with Crippen LogP contribution in [0.3, 0.4) is 0 Å². The van der Waals surface area contributed by atoms with Crippen molar-refractivity contribution in [2.24, 2.45) is 0 Å². The van der Waals surface area contributed by atoms with E-state index >= 15 is 0 Å². The lowest BCUT2D eigenvalue weighted by atomic mass is 9.94. The van der Waals surface area contributed by atoms with Gasteiger partial charge in [-0.2, -0.15) is 0 Å². The molecule has 0 saturated carbocycles. The normalized spacial score (nSPS) is 20.9. The molecule has 1 aromatic heterocycles. The lowest BCUT2D eigenvalue weighted by molar-refractivity contribution is 0.148. The van der Waals surface area contributed by atoms with Gasteiger partial charge in [-0.1, -0.05) is 19.4 Å². The smallest absolute Gasteiger partial charge is 0.125 e. The molecular weight excluding hydrogens is 222 g/mol. The molecule has 0 amide bonds. The monoisotopic (exact) mass is 247 g/mol. The number of aromatic nitrogens is 1. The number of hydrogen-bond donors (Lipinski definition) is 1. The quantitative estimate of drug-likeness (QED) is 0.884. The third kappa shape index (κ3) is 2.83. The largest absolute Gasteiger partial charge is 0.373 e. The van der Waals surface area contributed by atoms with Gasteiger partial charge >= 0.3 is 0 Å². The average Bonchev–Trinajstić information content (AvgIpc) is 2.40. The highest BCUT2D eigenvalue weighted by molar-refractivity contribution is 5.39. The molecule has 1 saturated heterocycles. The molecule has 100 valence electrons. The second kappa shape index (κ2) is 6.19. The van der Waals surface area contributed by atoms with Crippen molar-refractivity contribution in [1.82, 2.24) is 9.88 Å². The first kappa shape index (κ1) is 13.3. The number of piperidine rings is 1. The zero-order chi connectivity index (χ0) is 13.0. The molecule has 0 aliphatic carbocycles. The lowest BCUT2D eigenvalue weighted by Crippen LogP contribution is -2.34. The summed E-state index contributed by atoms with van der Waals surface area (Å²) in [5.41, 5.74) is 2.59. The Morgan fingerprint density at radius 2 is 2.22 bits per heavy atom. The predicted molar refractivity (Wildman–Crippen MR) is 77.0 cm³/mol. The van der Waals surface area contributed by atoms with Crippen molar-refractivity contribution in [1.29, 1.82) is 0 Å². The van der Waals surface area contributed by atoms with Gasteiger partial charge in [0.15, 0.2) is 0 Å². The fourth-order valence-corrected chi connectivity index (χ4v) is 2.96. The number of likely N-dealkylation sites (tertiary alicyclic amines) is 1. The minimum absolute atomic E-state index is 0.581. The van der Waals surface area contributed by atoms with Crippen LogP contribution in [0.25, 0.3) is 0 Å². The van der Waals surface area contributed by atoms with E-state index in [2.05, 4.69) is 41.2 Å². The summed E-state index contributed by atoms with van der Waals surface area (Å²) < 4.78 is 0. The molecular formula is C15H25N3. The maximum atomic E-state index is 4.62. The summed E-state index contributed by atoms with van der Waals surface area (Å²) >= 11 is 0. The SMILES string of the molecule is CCCN1CCCCC1c1ccc(NC)nc1C. The number of hydrogen-bond acceptors (Lipinski definition) is 3. The Morgan fingerprint density at radius 3 is 2.89 bits per heavy atom. The van der Waals surface area contributed by atoms with Gasteiger partial charge in [0.25, 0.3) is 0 Å². The van der Waals surface area contributed by atoms with Crippen LogP contribution in [0.15, 0.2) is 12.1 Å². The predicted octanol–water partition coefficient (Wildman–Crippen LogP) is 3.37. The van der Waals surface area contributed by atoms with Crippen LogP contribution in [0.5, 0.6) is 0 Å². The topological polar surface area (TPSA) is 28.2 Å². The van der Waals surface area contributed by atoms with Gasteiger partial charge in [-0.3, -0.25) is 4.90 Å². The third-order valence-electron chi connectivity index (χ3n) is 3.87. The summed E-state index contributed by atoms with van der Waals surface area (Å²) in [7, 11) is 1.92. The summed E-state index contributed by atoms with van der Waals surface area (Å²) in [6.07, 6.45) is 5.20. The van der Waals surface area contributed by atoms with E-state index in [9.17, 15) is 0 Å². The molecule has 2 heterocycles. The highest BCUT2D eigenvalue weighted by Crippen LogP contribution is 2.32. The molecule has 1 fully saturated rings. The Bertz CT molecular complexity index is 387. The van der Waals surface area contributed by atoms with Crippen molar-refractivity contribution in [3.8, 4) is 0 Å². The van der Waals surface area contributed by atoms with Crippen molar-refractivity contribution < 1.29 is 0 Å².